The van der Waals surface area contributed by atoms with Crippen molar-refractivity contribution in [2.75, 3.05) is 18.9 Å². The van der Waals surface area contributed by atoms with E-state index in [1.54, 1.807) is 0 Å². The molecule has 3 nitrogen and oxygen atoms in total. The minimum Gasteiger partial charge on any atom is -0.399 e. The summed E-state index contributed by atoms with van der Waals surface area (Å²) in [5.74, 6) is 0. The number of nitrogen functional groups attached to an aromatic ring is 1. The van der Waals surface area contributed by atoms with Gasteiger partial charge in [0.15, 0.2) is 0 Å². The van der Waals surface area contributed by atoms with Crippen molar-refractivity contribution in [1.29, 1.82) is 0 Å². The topological polar surface area (TPSA) is 49.5 Å². The molecule has 0 radical (unpaired) electrons. The third-order valence-corrected chi connectivity index (χ3v) is 4.38. The smallest absolute Gasteiger partial charge is 0.0443 e. The fourth-order valence-electron chi connectivity index (χ4n) is 2.33. The zero-order chi connectivity index (χ0) is 13.0. The van der Waals surface area contributed by atoms with Gasteiger partial charge in [-0.15, -0.1) is 0 Å². The van der Waals surface area contributed by atoms with E-state index in [2.05, 4.69) is 26.9 Å². The molecule has 1 aromatic rings. The van der Waals surface area contributed by atoms with Gasteiger partial charge in [-0.2, -0.15) is 0 Å². The predicted octanol–water partition coefficient (Wildman–Crippen LogP) is 2.77. The number of rotatable bonds is 6. The molecule has 0 spiro atoms. The lowest BCUT2D eigenvalue weighted by Crippen LogP contribution is -2.40. The molecule has 1 aliphatic carbocycles. The zero-order valence-corrected chi connectivity index (χ0v) is 12.2. The highest BCUT2D eigenvalue weighted by Gasteiger charge is 2.24. The van der Waals surface area contributed by atoms with Crippen LogP contribution in [0.1, 0.15) is 31.2 Å². The fourth-order valence-corrected chi connectivity index (χ4v) is 2.85. The molecule has 0 amide bonds. The molecule has 100 valence electrons. The molecule has 2 rings (SSSR count). The van der Waals surface area contributed by atoms with Crippen LogP contribution >= 0.6 is 15.9 Å². The summed E-state index contributed by atoms with van der Waals surface area (Å²) >= 11 is 3.58. The summed E-state index contributed by atoms with van der Waals surface area (Å²) in [6.45, 7) is 2.18. The van der Waals surface area contributed by atoms with Crippen molar-refractivity contribution < 1.29 is 5.11 Å². The average molecular weight is 313 g/mol. The first-order valence-electron chi connectivity index (χ1n) is 6.59. The van der Waals surface area contributed by atoms with E-state index in [0.717, 1.165) is 29.7 Å². The summed E-state index contributed by atoms with van der Waals surface area (Å²) in [6.07, 6.45) is 4.77. The molecule has 18 heavy (non-hydrogen) atoms. The maximum absolute atomic E-state index is 8.99. The molecular formula is C14H21BrN2O. The number of halogens is 1. The first-order valence-corrected chi connectivity index (χ1v) is 7.39. The third kappa shape index (κ3) is 3.46. The number of aliphatic hydroxyl groups is 1. The largest absolute Gasteiger partial charge is 0.399 e. The van der Waals surface area contributed by atoms with Crippen molar-refractivity contribution in [2.24, 2.45) is 0 Å². The molecule has 1 aliphatic rings. The van der Waals surface area contributed by atoms with Gasteiger partial charge < -0.3 is 10.8 Å². The quantitative estimate of drug-likeness (QED) is 0.794. The van der Waals surface area contributed by atoms with Crippen molar-refractivity contribution in [1.82, 2.24) is 4.90 Å². The van der Waals surface area contributed by atoms with Crippen LogP contribution in [-0.2, 0) is 6.54 Å². The van der Waals surface area contributed by atoms with E-state index in [9.17, 15) is 0 Å². The van der Waals surface area contributed by atoms with Gasteiger partial charge >= 0.3 is 0 Å². The highest BCUT2D eigenvalue weighted by Crippen LogP contribution is 2.28. The van der Waals surface area contributed by atoms with Crippen LogP contribution < -0.4 is 5.73 Å². The first-order chi connectivity index (χ1) is 8.70. The monoisotopic (exact) mass is 312 g/mol. The maximum Gasteiger partial charge on any atom is 0.0443 e. The van der Waals surface area contributed by atoms with Crippen molar-refractivity contribution in [3.8, 4) is 0 Å². The van der Waals surface area contributed by atoms with Crippen LogP contribution in [0.15, 0.2) is 22.7 Å². The molecular weight excluding hydrogens is 292 g/mol. The highest BCUT2D eigenvalue weighted by molar-refractivity contribution is 9.10. The Labute approximate surface area is 117 Å². The minimum atomic E-state index is 0.270. The summed E-state index contributed by atoms with van der Waals surface area (Å²) in [4.78, 5) is 2.48. The molecule has 4 heteroatoms. The second kappa shape index (κ2) is 6.55. The highest BCUT2D eigenvalue weighted by atomic mass is 79.9. The summed E-state index contributed by atoms with van der Waals surface area (Å²) in [7, 11) is 0. The van der Waals surface area contributed by atoms with Crippen molar-refractivity contribution in [2.45, 2.75) is 38.3 Å². The van der Waals surface area contributed by atoms with Crippen molar-refractivity contribution >= 4 is 21.6 Å². The third-order valence-electron chi connectivity index (χ3n) is 3.65. The Kier molecular flexibility index (Phi) is 5.03. The molecule has 0 atom stereocenters. The number of hydrogen-bond donors (Lipinski definition) is 2. The SMILES string of the molecule is Nc1ccc(CN(CCCO)C2CCC2)c(Br)c1. The van der Waals surface area contributed by atoms with Gasteiger partial charge in [-0.05, 0) is 37.0 Å². The Morgan fingerprint density at radius 1 is 1.39 bits per heavy atom. The van der Waals surface area contributed by atoms with Gasteiger partial charge in [-0.25, -0.2) is 0 Å². The second-order valence-corrected chi connectivity index (χ2v) is 5.84. The number of benzene rings is 1. The molecule has 0 aromatic heterocycles. The van der Waals surface area contributed by atoms with Crippen LogP contribution in [0.3, 0.4) is 0 Å². The number of anilines is 1. The molecule has 1 saturated carbocycles. The fraction of sp³-hybridized carbons (Fsp3) is 0.571. The summed E-state index contributed by atoms with van der Waals surface area (Å²) in [6, 6.07) is 6.69. The van der Waals surface area contributed by atoms with Crippen LogP contribution in [0.4, 0.5) is 5.69 Å². The lowest BCUT2D eigenvalue weighted by molar-refractivity contribution is 0.109. The normalized spacial score (nSPS) is 15.9. The Balaban J connectivity index is 2.02. The van der Waals surface area contributed by atoms with Gasteiger partial charge in [-0.3, -0.25) is 4.90 Å². The molecule has 1 aromatic carbocycles. The standard InChI is InChI=1S/C14H21BrN2O/c15-14-9-12(16)6-5-11(14)10-17(7-2-8-18)13-3-1-4-13/h5-6,9,13,18H,1-4,7-8,10,16H2. The van der Waals surface area contributed by atoms with Gasteiger partial charge in [0.2, 0.25) is 0 Å². The summed E-state index contributed by atoms with van der Waals surface area (Å²) in [5, 5.41) is 8.99. The predicted molar refractivity (Wildman–Crippen MR) is 78.3 cm³/mol. The summed E-state index contributed by atoms with van der Waals surface area (Å²) < 4.78 is 1.08. The molecule has 3 N–H and O–H groups in total. The van der Waals surface area contributed by atoms with E-state index in [0.29, 0.717) is 6.04 Å². The minimum absolute atomic E-state index is 0.270. The van der Waals surface area contributed by atoms with Gasteiger partial charge in [0.1, 0.15) is 0 Å². The molecule has 0 aliphatic heterocycles. The average Bonchev–Trinajstić information content (AvgIpc) is 2.27. The van der Waals surface area contributed by atoms with E-state index in [1.165, 1.54) is 24.8 Å². The molecule has 0 bridgehead atoms. The van der Waals surface area contributed by atoms with Crippen molar-refractivity contribution in [3.05, 3.63) is 28.2 Å². The van der Waals surface area contributed by atoms with Crippen LogP contribution in [0.25, 0.3) is 0 Å². The van der Waals surface area contributed by atoms with E-state index in [1.807, 2.05) is 12.1 Å². The van der Waals surface area contributed by atoms with E-state index < -0.39 is 0 Å². The molecule has 1 fully saturated rings. The maximum atomic E-state index is 8.99. The number of nitrogens with zero attached hydrogens (tertiary/aromatic N) is 1. The Morgan fingerprint density at radius 2 is 2.17 bits per heavy atom. The van der Waals surface area contributed by atoms with Crippen LogP contribution in [-0.4, -0.2) is 29.2 Å². The van der Waals surface area contributed by atoms with Gasteiger partial charge in [-0.1, -0.05) is 28.4 Å². The lowest BCUT2D eigenvalue weighted by Gasteiger charge is -2.37. The number of nitrogens with two attached hydrogens (primary N) is 1. The van der Waals surface area contributed by atoms with Crippen LogP contribution in [0.5, 0.6) is 0 Å². The first kappa shape index (κ1) is 13.8. The molecule has 0 unspecified atom stereocenters. The van der Waals surface area contributed by atoms with Gasteiger partial charge in [0.25, 0.3) is 0 Å². The van der Waals surface area contributed by atoms with E-state index >= 15 is 0 Å². The van der Waals surface area contributed by atoms with Crippen LogP contribution in [0.2, 0.25) is 0 Å². The molecule has 0 heterocycles. The Hall–Kier alpha value is -0.580. The summed E-state index contributed by atoms with van der Waals surface area (Å²) in [5.41, 5.74) is 7.82. The van der Waals surface area contributed by atoms with E-state index in [4.69, 9.17) is 10.8 Å². The lowest BCUT2D eigenvalue weighted by atomic mass is 9.91. The Morgan fingerprint density at radius 3 is 2.72 bits per heavy atom. The Bertz CT molecular complexity index is 393. The zero-order valence-electron chi connectivity index (χ0n) is 10.6. The molecule has 0 saturated heterocycles. The van der Waals surface area contributed by atoms with Gasteiger partial charge in [0, 0.05) is 35.9 Å². The second-order valence-electron chi connectivity index (χ2n) is 4.98. The van der Waals surface area contributed by atoms with Gasteiger partial charge in [0.05, 0.1) is 0 Å². The number of hydrogen-bond acceptors (Lipinski definition) is 3. The van der Waals surface area contributed by atoms with E-state index in [-0.39, 0.29) is 6.61 Å². The van der Waals surface area contributed by atoms with Crippen LogP contribution in [0, 0.1) is 0 Å². The number of aliphatic hydroxyl groups excluding tert-OH is 1. The van der Waals surface area contributed by atoms with Crippen molar-refractivity contribution in [3.63, 3.8) is 0 Å².